The zero-order valence-corrected chi connectivity index (χ0v) is 21.0. The summed E-state index contributed by atoms with van der Waals surface area (Å²) in [6.07, 6.45) is 2.00. The van der Waals surface area contributed by atoms with E-state index in [0.29, 0.717) is 34.9 Å². The van der Waals surface area contributed by atoms with Gasteiger partial charge in [-0.3, -0.25) is 23.5 Å². The third-order valence-corrected chi connectivity index (χ3v) is 7.05. The van der Waals surface area contributed by atoms with Gasteiger partial charge in [0, 0.05) is 31.7 Å². The number of amides is 1. The van der Waals surface area contributed by atoms with E-state index < -0.39 is 0 Å². The molecule has 2 atom stereocenters. The summed E-state index contributed by atoms with van der Waals surface area (Å²) in [5.41, 5.74) is 0.386. The Balaban J connectivity index is 1.48. The van der Waals surface area contributed by atoms with Gasteiger partial charge in [0.05, 0.1) is 28.9 Å². The first-order valence-electron chi connectivity index (χ1n) is 11.5. The monoisotopic (exact) mass is 484 g/mol. The van der Waals surface area contributed by atoms with Crippen LogP contribution in [-0.2, 0) is 16.1 Å². The van der Waals surface area contributed by atoms with E-state index in [1.54, 1.807) is 16.7 Å². The maximum atomic E-state index is 12.9. The summed E-state index contributed by atoms with van der Waals surface area (Å²) in [6, 6.07) is 7.35. The van der Waals surface area contributed by atoms with E-state index in [-0.39, 0.29) is 35.0 Å². The number of thioether (sulfide) groups is 1. The van der Waals surface area contributed by atoms with E-state index in [9.17, 15) is 9.59 Å². The molecule has 1 aromatic carbocycles. The van der Waals surface area contributed by atoms with Crippen molar-refractivity contribution in [2.24, 2.45) is 0 Å². The summed E-state index contributed by atoms with van der Waals surface area (Å²) in [6.45, 7) is 14.7. The van der Waals surface area contributed by atoms with Crippen molar-refractivity contribution in [3.63, 3.8) is 0 Å². The van der Waals surface area contributed by atoms with E-state index in [1.165, 1.54) is 11.8 Å². The van der Waals surface area contributed by atoms with Crippen LogP contribution in [0.2, 0.25) is 0 Å². The molecule has 9 nitrogen and oxygen atoms in total. The van der Waals surface area contributed by atoms with Crippen molar-refractivity contribution in [3.05, 3.63) is 47.3 Å². The Hall–Kier alpha value is -2.69. The molecule has 1 saturated heterocycles. The Bertz CT molecular complexity index is 1260. The van der Waals surface area contributed by atoms with Crippen molar-refractivity contribution in [1.82, 2.24) is 29.4 Å². The van der Waals surface area contributed by atoms with Crippen LogP contribution in [0.25, 0.3) is 16.7 Å². The standard InChI is InChI=1S/C24H32N6O3S/c1-6-11-29-21(32)18-9-7-8-10-19(18)30-22(29)26-27-23(30)34-14-20(31)25-15-24(4,5)28-12-16(2)33-17(3)13-28/h6-10,16-17H,1,11-15H2,2-5H3,(H,25,31)/t16-,17-/m0/s1. The fourth-order valence-corrected chi connectivity index (χ4v) is 5.17. The van der Waals surface area contributed by atoms with Crippen LogP contribution >= 0.6 is 11.8 Å². The Labute approximate surface area is 203 Å². The van der Waals surface area contributed by atoms with Crippen molar-refractivity contribution in [1.29, 1.82) is 0 Å². The molecule has 34 heavy (non-hydrogen) atoms. The maximum Gasteiger partial charge on any atom is 0.263 e. The highest BCUT2D eigenvalue weighted by molar-refractivity contribution is 7.99. The van der Waals surface area contributed by atoms with Crippen LogP contribution in [0.1, 0.15) is 27.7 Å². The van der Waals surface area contributed by atoms with Crippen LogP contribution < -0.4 is 10.9 Å². The molecule has 182 valence electrons. The minimum atomic E-state index is -0.189. The number of morpholine rings is 1. The van der Waals surface area contributed by atoms with Crippen molar-refractivity contribution in [3.8, 4) is 0 Å². The second-order valence-corrected chi connectivity index (χ2v) is 10.3. The van der Waals surface area contributed by atoms with Gasteiger partial charge in [0.2, 0.25) is 11.7 Å². The molecule has 1 amide bonds. The Kier molecular flexibility index (Phi) is 7.11. The van der Waals surface area contributed by atoms with Gasteiger partial charge in [-0.2, -0.15) is 0 Å². The van der Waals surface area contributed by atoms with Gasteiger partial charge in [-0.1, -0.05) is 30.0 Å². The van der Waals surface area contributed by atoms with Gasteiger partial charge in [0.1, 0.15) is 0 Å². The maximum absolute atomic E-state index is 12.9. The largest absolute Gasteiger partial charge is 0.373 e. The normalized spacial score (nSPS) is 19.5. The molecule has 0 bridgehead atoms. The lowest BCUT2D eigenvalue weighted by Crippen LogP contribution is -2.58. The lowest BCUT2D eigenvalue weighted by Gasteiger charge is -2.45. The van der Waals surface area contributed by atoms with Gasteiger partial charge in [-0.15, -0.1) is 16.8 Å². The second kappa shape index (κ2) is 9.89. The van der Waals surface area contributed by atoms with Crippen LogP contribution in [0.15, 0.2) is 46.9 Å². The van der Waals surface area contributed by atoms with E-state index in [2.05, 4.69) is 54.7 Å². The zero-order valence-electron chi connectivity index (χ0n) is 20.2. The molecule has 0 radical (unpaired) electrons. The van der Waals surface area contributed by atoms with E-state index in [4.69, 9.17) is 4.74 Å². The Morgan fingerprint density at radius 3 is 2.68 bits per heavy atom. The van der Waals surface area contributed by atoms with Gasteiger partial charge in [-0.25, -0.2) is 0 Å². The van der Waals surface area contributed by atoms with E-state index >= 15 is 0 Å². The molecule has 0 saturated carbocycles. The van der Waals surface area contributed by atoms with Crippen LogP contribution in [0, 0.1) is 0 Å². The number of nitrogens with one attached hydrogen (secondary N) is 1. The average molecular weight is 485 g/mol. The first-order chi connectivity index (χ1) is 16.2. The number of aromatic nitrogens is 4. The highest BCUT2D eigenvalue weighted by Gasteiger charge is 2.33. The Morgan fingerprint density at radius 1 is 1.26 bits per heavy atom. The van der Waals surface area contributed by atoms with Crippen molar-refractivity contribution in [2.45, 2.75) is 57.1 Å². The molecule has 3 aromatic rings. The number of rotatable bonds is 8. The molecule has 0 spiro atoms. The summed E-state index contributed by atoms with van der Waals surface area (Å²) in [5.74, 6) is 0.554. The predicted molar refractivity (Wildman–Crippen MR) is 134 cm³/mol. The number of hydrogen-bond acceptors (Lipinski definition) is 7. The summed E-state index contributed by atoms with van der Waals surface area (Å²) >= 11 is 1.30. The molecule has 10 heteroatoms. The molecular formula is C24H32N6O3S. The molecule has 1 aliphatic heterocycles. The van der Waals surface area contributed by atoms with Crippen LogP contribution in [0.4, 0.5) is 0 Å². The number of ether oxygens (including phenoxy) is 1. The van der Waals surface area contributed by atoms with Gasteiger partial charge in [-0.05, 0) is 39.8 Å². The Morgan fingerprint density at radius 2 is 1.97 bits per heavy atom. The molecule has 3 heterocycles. The number of carbonyl (C=O) groups excluding carboxylic acids is 1. The first-order valence-corrected chi connectivity index (χ1v) is 12.5. The highest BCUT2D eigenvalue weighted by atomic mass is 32.2. The minimum absolute atomic E-state index is 0.0760. The van der Waals surface area contributed by atoms with Crippen molar-refractivity contribution < 1.29 is 9.53 Å². The number of fused-ring (bicyclic) bond motifs is 3. The van der Waals surface area contributed by atoms with E-state index in [1.807, 2.05) is 22.6 Å². The number of allylic oxidation sites excluding steroid dienone is 1. The predicted octanol–water partition coefficient (Wildman–Crippen LogP) is 2.33. The van der Waals surface area contributed by atoms with Crippen LogP contribution in [-0.4, -0.2) is 73.1 Å². The first kappa shape index (κ1) is 24.4. The topological polar surface area (TPSA) is 93.8 Å². The third-order valence-electron chi connectivity index (χ3n) is 6.12. The lowest BCUT2D eigenvalue weighted by molar-refractivity contribution is -0.120. The fourth-order valence-electron chi connectivity index (χ4n) is 4.40. The second-order valence-electron chi connectivity index (χ2n) is 9.38. The van der Waals surface area contributed by atoms with Gasteiger partial charge < -0.3 is 10.1 Å². The molecule has 0 aliphatic carbocycles. The minimum Gasteiger partial charge on any atom is -0.373 e. The number of hydrogen-bond donors (Lipinski definition) is 1. The molecule has 1 fully saturated rings. The van der Waals surface area contributed by atoms with Crippen molar-refractivity contribution >= 4 is 34.3 Å². The highest BCUT2D eigenvalue weighted by Crippen LogP contribution is 2.23. The average Bonchev–Trinajstić information content (AvgIpc) is 3.22. The van der Waals surface area contributed by atoms with Crippen LogP contribution in [0.3, 0.4) is 0 Å². The number of benzene rings is 1. The summed E-state index contributed by atoms with van der Waals surface area (Å²) in [7, 11) is 0. The number of nitrogens with zero attached hydrogens (tertiary/aromatic N) is 5. The molecule has 2 aromatic heterocycles. The van der Waals surface area contributed by atoms with Crippen molar-refractivity contribution in [2.75, 3.05) is 25.4 Å². The fraction of sp³-hybridized carbons (Fsp3) is 0.500. The van der Waals surface area contributed by atoms with E-state index in [0.717, 1.165) is 13.1 Å². The quantitative estimate of drug-likeness (QED) is 0.387. The van der Waals surface area contributed by atoms with Gasteiger partial charge in [0.15, 0.2) is 5.16 Å². The molecular weight excluding hydrogens is 452 g/mol. The number of carbonyl (C=O) groups is 1. The molecule has 4 rings (SSSR count). The smallest absolute Gasteiger partial charge is 0.263 e. The molecule has 0 unspecified atom stereocenters. The van der Waals surface area contributed by atoms with Gasteiger partial charge >= 0.3 is 0 Å². The summed E-state index contributed by atoms with van der Waals surface area (Å²) in [5, 5.41) is 12.7. The molecule has 1 N–H and O–H groups in total. The SMILES string of the molecule is C=CCn1c(=O)c2ccccc2n2c(SCC(=O)NCC(C)(C)N3C[C@H](C)O[C@@H](C)C3)nnc12. The molecule has 1 aliphatic rings. The summed E-state index contributed by atoms with van der Waals surface area (Å²) in [4.78, 5) is 28.0. The number of para-hydroxylation sites is 1. The summed E-state index contributed by atoms with van der Waals surface area (Å²) < 4.78 is 9.21. The van der Waals surface area contributed by atoms with Gasteiger partial charge in [0.25, 0.3) is 5.56 Å². The third kappa shape index (κ3) is 4.89. The van der Waals surface area contributed by atoms with Crippen LogP contribution in [0.5, 0.6) is 0 Å². The lowest BCUT2D eigenvalue weighted by atomic mass is 10.00. The zero-order chi connectivity index (χ0) is 24.5.